The van der Waals surface area contributed by atoms with E-state index in [0.717, 1.165) is 24.2 Å². The van der Waals surface area contributed by atoms with E-state index in [0.29, 0.717) is 33.9 Å². The molecule has 2 heterocycles. The highest BCUT2D eigenvalue weighted by Gasteiger charge is 2.21. The minimum atomic E-state index is -0.360. The second-order valence-electron chi connectivity index (χ2n) is 7.63. The Hall–Kier alpha value is -3.45. The van der Waals surface area contributed by atoms with Gasteiger partial charge in [-0.2, -0.15) is 0 Å². The smallest absolute Gasteiger partial charge is 0.266 e. The molecule has 0 bridgehead atoms. The molecule has 0 radical (unpaired) electrons. The molecule has 0 spiro atoms. The van der Waals surface area contributed by atoms with Crippen LogP contribution in [0.2, 0.25) is 0 Å². The Morgan fingerprint density at radius 1 is 0.906 bits per heavy atom. The summed E-state index contributed by atoms with van der Waals surface area (Å²) in [5, 5.41) is 1.06. The van der Waals surface area contributed by atoms with E-state index in [2.05, 4.69) is 0 Å². The molecule has 32 heavy (non-hydrogen) atoms. The summed E-state index contributed by atoms with van der Waals surface area (Å²) in [4.78, 5) is 31.7. The molecule has 0 N–H and O–H groups in total. The van der Waals surface area contributed by atoms with Crippen LogP contribution in [-0.2, 0) is 10.5 Å². The third kappa shape index (κ3) is 3.91. The van der Waals surface area contributed by atoms with Gasteiger partial charge in [0.2, 0.25) is 5.91 Å². The predicted molar refractivity (Wildman–Crippen MR) is 125 cm³/mol. The lowest BCUT2D eigenvalue weighted by atomic mass is 10.2. The molecule has 1 aromatic heterocycles. The van der Waals surface area contributed by atoms with Gasteiger partial charge in [0.15, 0.2) is 5.16 Å². The van der Waals surface area contributed by atoms with Gasteiger partial charge >= 0.3 is 0 Å². The first-order valence-electron chi connectivity index (χ1n) is 10.4. The first kappa shape index (κ1) is 20.5. The van der Waals surface area contributed by atoms with Crippen LogP contribution >= 0.6 is 11.8 Å². The number of para-hydroxylation sites is 1. The number of hydrogen-bond acceptors (Lipinski definition) is 4. The van der Waals surface area contributed by atoms with Crippen LogP contribution < -0.4 is 10.5 Å². The minimum Gasteiger partial charge on any atom is -0.312 e. The van der Waals surface area contributed by atoms with Gasteiger partial charge in [-0.25, -0.2) is 9.37 Å². The van der Waals surface area contributed by atoms with Gasteiger partial charge in [-0.1, -0.05) is 36.0 Å². The lowest BCUT2D eigenvalue weighted by Crippen LogP contribution is -2.23. The summed E-state index contributed by atoms with van der Waals surface area (Å²) in [7, 11) is 0. The van der Waals surface area contributed by atoms with Gasteiger partial charge in [-0.3, -0.25) is 14.2 Å². The summed E-state index contributed by atoms with van der Waals surface area (Å²) in [5.74, 6) is 0.400. The molecule has 1 saturated heterocycles. The fourth-order valence-corrected chi connectivity index (χ4v) is 4.84. The van der Waals surface area contributed by atoms with Crippen LogP contribution in [0.15, 0.2) is 82.7 Å². The molecule has 0 unspecified atom stereocenters. The van der Waals surface area contributed by atoms with Gasteiger partial charge in [0.1, 0.15) is 5.82 Å². The molecule has 1 aliphatic rings. The Kier molecular flexibility index (Phi) is 5.49. The van der Waals surface area contributed by atoms with Crippen molar-refractivity contribution in [3.63, 3.8) is 0 Å². The van der Waals surface area contributed by atoms with Crippen molar-refractivity contribution in [2.75, 3.05) is 11.4 Å². The number of amides is 1. The Morgan fingerprint density at radius 3 is 2.34 bits per heavy atom. The molecule has 7 heteroatoms. The highest BCUT2D eigenvalue weighted by Crippen LogP contribution is 2.27. The van der Waals surface area contributed by atoms with E-state index in [4.69, 9.17) is 4.98 Å². The number of aromatic nitrogens is 2. The number of carbonyl (C=O) groups excluding carboxylic acids is 1. The van der Waals surface area contributed by atoms with Crippen LogP contribution in [-0.4, -0.2) is 22.0 Å². The van der Waals surface area contributed by atoms with Crippen molar-refractivity contribution in [1.82, 2.24) is 9.55 Å². The fourth-order valence-electron chi connectivity index (χ4n) is 3.87. The van der Waals surface area contributed by atoms with E-state index in [1.807, 2.05) is 41.3 Å². The van der Waals surface area contributed by atoms with E-state index in [1.54, 1.807) is 24.3 Å². The van der Waals surface area contributed by atoms with Crippen molar-refractivity contribution >= 4 is 34.3 Å². The third-order valence-corrected chi connectivity index (χ3v) is 6.53. The summed E-state index contributed by atoms with van der Waals surface area (Å²) < 4.78 is 15.0. The normalized spacial score (nSPS) is 13.8. The highest BCUT2D eigenvalue weighted by molar-refractivity contribution is 7.98. The van der Waals surface area contributed by atoms with Crippen molar-refractivity contribution in [1.29, 1.82) is 0 Å². The predicted octanol–water partition coefficient (Wildman–Crippen LogP) is 4.94. The van der Waals surface area contributed by atoms with E-state index < -0.39 is 0 Å². The molecule has 5 rings (SSSR count). The number of halogens is 1. The topological polar surface area (TPSA) is 55.2 Å². The molecule has 0 atom stereocenters. The van der Waals surface area contributed by atoms with Gasteiger partial charge in [0.05, 0.1) is 16.6 Å². The second kappa shape index (κ2) is 8.59. The number of rotatable bonds is 5. The standard InChI is InChI=1S/C25H20FN3O2S/c26-18-9-13-20(14-10-18)29-24(31)21-4-1-2-5-22(21)27-25(29)32-16-17-7-11-19(12-8-17)28-15-3-6-23(28)30/h1-2,4-5,7-14H,3,6,15-16H2. The van der Waals surface area contributed by atoms with Crippen LogP contribution in [0.25, 0.3) is 16.6 Å². The van der Waals surface area contributed by atoms with Crippen LogP contribution in [0.4, 0.5) is 10.1 Å². The summed E-state index contributed by atoms with van der Waals surface area (Å²) in [6.07, 6.45) is 1.50. The Morgan fingerprint density at radius 2 is 1.62 bits per heavy atom. The number of anilines is 1. The molecule has 0 aliphatic carbocycles. The zero-order valence-corrected chi connectivity index (χ0v) is 18.0. The Labute approximate surface area is 188 Å². The lowest BCUT2D eigenvalue weighted by Gasteiger charge is -2.16. The highest BCUT2D eigenvalue weighted by atomic mass is 32.2. The monoisotopic (exact) mass is 445 g/mol. The third-order valence-electron chi connectivity index (χ3n) is 5.52. The quantitative estimate of drug-likeness (QED) is 0.322. The van der Waals surface area contributed by atoms with Gasteiger partial charge in [-0.15, -0.1) is 0 Å². The van der Waals surface area contributed by atoms with E-state index in [9.17, 15) is 14.0 Å². The lowest BCUT2D eigenvalue weighted by molar-refractivity contribution is -0.117. The van der Waals surface area contributed by atoms with Crippen molar-refractivity contribution in [2.45, 2.75) is 23.8 Å². The van der Waals surface area contributed by atoms with Crippen molar-refractivity contribution in [3.05, 3.63) is 94.5 Å². The molecule has 5 nitrogen and oxygen atoms in total. The minimum absolute atomic E-state index is 0.163. The summed E-state index contributed by atoms with van der Waals surface area (Å²) >= 11 is 1.44. The van der Waals surface area contributed by atoms with E-state index in [-0.39, 0.29) is 17.3 Å². The molecular formula is C25H20FN3O2S. The van der Waals surface area contributed by atoms with E-state index >= 15 is 0 Å². The SMILES string of the molecule is O=C1CCCN1c1ccc(CSc2nc3ccccc3c(=O)n2-c2ccc(F)cc2)cc1. The summed E-state index contributed by atoms with van der Waals surface area (Å²) in [5.41, 5.74) is 2.97. The number of thioether (sulfide) groups is 1. The number of hydrogen-bond donors (Lipinski definition) is 0. The van der Waals surface area contributed by atoms with Crippen LogP contribution in [0.1, 0.15) is 18.4 Å². The average Bonchev–Trinajstić information content (AvgIpc) is 3.25. The summed E-state index contributed by atoms with van der Waals surface area (Å²) in [6.45, 7) is 0.762. The summed E-state index contributed by atoms with van der Waals surface area (Å²) in [6, 6.07) is 21.0. The van der Waals surface area contributed by atoms with Crippen molar-refractivity contribution in [3.8, 4) is 5.69 Å². The molecule has 1 aliphatic heterocycles. The second-order valence-corrected chi connectivity index (χ2v) is 8.58. The Bertz CT molecular complexity index is 1350. The van der Waals surface area contributed by atoms with Gasteiger partial charge in [-0.05, 0) is 60.5 Å². The number of benzene rings is 3. The first-order chi connectivity index (χ1) is 15.6. The van der Waals surface area contributed by atoms with Crippen LogP contribution in [0.5, 0.6) is 0 Å². The Balaban J connectivity index is 1.47. The molecule has 4 aromatic rings. The molecule has 3 aromatic carbocycles. The average molecular weight is 446 g/mol. The first-order valence-corrected chi connectivity index (χ1v) is 11.4. The molecule has 1 fully saturated rings. The molecule has 160 valence electrons. The molecular weight excluding hydrogens is 425 g/mol. The largest absolute Gasteiger partial charge is 0.312 e. The van der Waals surface area contributed by atoms with Crippen molar-refractivity contribution < 1.29 is 9.18 Å². The fraction of sp³-hybridized carbons (Fsp3) is 0.160. The zero-order chi connectivity index (χ0) is 22.1. The van der Waals surface area contributed by atoms with Gasteiger partial charge < -0.3 is 4.90 Å². The van der Waals surface area contributed by atoms with E-state index in [1.165, 1.54) is 28.5 Å². The maximum Gasteiger partial charge on any atom is 0.266 e. The van der Waals surface area contributed by atoms with Gasteiger partial charge in [0, 0.05) is 24.4 Å². The van der Waals surface area contributed by atoms with Crippen molar-refractivity contribution in [2.24, 2.45) is 0 Å². The maximum absolute atomic E-state index is 13.5. The van der Waals surface area contributed by atoms with Crippen LogP contribution in [0.3, 0.4) is 0 Å². The molecule has 1 amide bonds. The number of carbonyl (C=O) groups is 1. The maximum atomic E-state index is 13.5. The number of nitrogens with zero attached hydrogens (tertiary/aromatic N) is 3. The van der Waals surface area contributed by atoms with Gasteiger partial charge in [0.25, 0.3) is 5.56 Å². The zero-order valence-electron chi connectivity index (χ0n) is 17.2. The molecule has 0 saturated carbocycles. The number of fused-ring (bicyclic) bond motifs is 1. The van der Waals surface area contributed by atoms with Crippen LogP contribution in [0, 0.1) is 5.82 Å².